The fourth-order valence-electron chi connectivity index (χ4n) is 5.51. The molecule has 2 N–H and O–H groups in total. The Bertz CT molecular complexity index is 1320. The fourth-order valence-corrected chi connectivity index (χ4v) is 6.37. The van der Waals surface area contributed by atoms with Crippen LogP contribution in [-0.4, -0.2) is 73.4 Å². The first kappa shape index (κ1) is 24.9. The number of carbonyl (C=O) groups is 1. The van der Waals surface area contributed by atoms with E-state index in [2.05, 4.69) is 75.1 Å². The van der Waals surface area contributed by atoms with Crippen LogP contribution in [0.4, 0.5) is 9.93 Å². The van der Waals surface area contributed by atoms with E-state index < -0.39 is 0 Å². The first-order valence-corrected chi connectivity index (χ1v) is 14.2. The van der Waals surface area contributed by atoms with E-state index in [0.29, 0.717) is 25.7 Å². The number of aromatic nitrogens is 1. The van der Waals surface area contributed by atoms with Gasteiger partial charge in [0.05, 0.1) is 30.1 Å². The van der Waals surface area contributed by atoms with Crippen LogP contribution in [0, 0.1) is 0 Å². The van der Waals surface area contributed by atoms with E-state index in [1.807, 2.05) is 23.1 Å². The average Bonchev–Trinajstić information content (AvgIpc) is 3.52. The maximum Gasteiger partial charge on any atom is 0.318 e. The standard InChI is InChI=1S/C30H33N5O2S/c36-30(32-21-31-29-33-27-11-5-6-12-28(27)38-29)35(16-15-34-17-19-37-20-18-34)14-13-26-24-9-3-1-7-22(24)23-8-2-4-10-25(23)26/h1-12,26H,13-21H2,(H,31,33)(H,32,36). The molecule has 0 saturated carbocycles. The van der Waals surface area contributed by atoms with Gasteiger partial charge in [-0.3, -0.25) is 4.90 Å². The molecule has 2 amide bonds. The van der Waals surface area contributed by atoms with Crippen molar-refractivity contribution in [2.45, 2.75) is 12.3 Å². The second kappa shape index (κ2) is 11.5. The quantitative estimate of drug-likeness (QED) is 0.293. The molecule has 8 heteroatoms. The van der Waals surface area contributed by atoms with Gasteiger partial charge in [-0.15, -0.1) is 0 Å². The van der Waals surface area contributed by atoms with Gasteiger partial charge in [0.15, 0.2) is 5.13 Å². The molecule has 0 bridgehead atoms. The number of benzene rings is 3. The maximum atomic E-state index is 13.4. The van der Waals surface area contributed by atoms with Gasteiger partial charge in [0.1, 0.15) is 0 Å². The molecule has 7 nitrogen and oxygen atoms in total. The second-order valence-corrected chi connectivity index (χ2v) is 10.8. The molecular formula is C30H33N5O2S. The lowest BCUT2D eigenvalue weighted by atomic mass is 9.93. The van der Waals surface area contributed by atoms with Crippen molar-refractivity contribution in [3.63, 3.8) is 0 Å². The SMILES string of the molecule is O=C(NCNc1nc2ccccc2s1)N(CCC1c2ccccc2-c2ccccc21)CCN1CCOCC1. The van der Waals surface area contributed by atoms with Gasteiger partial charge >= 0.3 is 6.03 Å². The van der Waals surface area contributed by atoms with E-state index in [1.165, 1.54) is 22.3 Å². The molecule has 0 spiro atoms. The highest BCUT2D eigenvalue weighted by Crippen LogP contribution is 2.46. The third-order valence-corrected chi connectivity index (χ3v) is 8.49. The molecule has 2 aliphatic rings. The summed E-state index contributed by atoms with van der Waals surface area (Å²) in [6.07, 6.45) is 0.885. The molecule has 1 saturated heterocycles. The van der Waals surface area contributed by atoms with E-state index in [1.54, 1.807) is 11.3 Å². The Hall–Kier alpha value is -3.46. The number of amides is 2. The summed E-state index contributed by atoms with van der Waals surface area (Å²) in [6.45, 7) is 5.90. The average molecular weight is 528 g/mol. The summed E-state index contributed by atoms with van der Waals surface area (Å²) in [7, 11) is 0. The Morgan fingerprint density at radius 2 is 1.63 bits per heavy atom. The summed E-state index contributed by atoms with van der Waals surface area (Å²) in [4.78, 5) is 22.3. The molecule has 1 aliphatic carbocycles. The van der Waals surface area contributed by atoms with Crippen LogP contribution in [0.3, 0.4) is 0 Å². The lowest BCUT2D eigenvalue weighted by Gasteiger charge is -2.31. The van der Waals surface area contributed by atoms with Crippen molar-refractivity contribution in [3.8, 4) is 11.1 Å². The first-order chi connectivity index (χ1) is 18.8. The summed E-state index contributed by atoms with van der Waals surface area (Å²) in [5.74, 6) is 0.293. The number of carbonyl (C=O) groups excluding carboxylic acids is 1. The van der Waals surface area contributed by atoms with Crippen LogP contribution in [0.15, 0.2) is 72.8 Å². The molecule has 196 valence electrons. The summed E-state index contributed by atoms with van der Waals surface area (Å²) in [5, 5.41) is 7.16. The minimum absolute atomic E-state index is 0.0496. The van der Waals surface area contributed by atoms with Crippen LogP contribution in [0.1, 0.15) is 23.5 Å². The molecule has 1 fully saturated rings. The van der Waals surface area contributed by atoms with E-state index >= 15 is 0 Å². The van der Waals surface area contributed by atoms with E-state index in [9.17, 15) is 4.79 Å². The molecule has 0 radical (unpaired) electrons. The Morgan fingerprint density at radius 1 is 0.947 bits per heavy atom. The zero-order chi connectivity index (χ0) is 25.7. The lowest BCUT2D eigenvalue weighted by Crippen LogP contribution is -2.47. The summed E-state index contributed by atoms with van der Waals surface area (Å²) in [5.41, 5.74) is 6.32. The Morgan fingerprint density at radius 3 is 2.37 bits per heavy atom. The summed E-state index contributed by atoms with van der Waals surface area (Å²) < 4.78 is 6.63. The smallest absolute Gasteiger partial charge is 0.318 e. The lowest BCUT2D eigenvalue weighted by molar-refractivity contribution is 0.0348. The zero-order valence-electron chi connectivity index (χ0n) is 21.4. The molecule has 4 aromatic rings. The second-order valence-electron chi connectivity index (χ2n) is 9.78. The van der Waals surface area contributed by atoms with E-state index in [4.69, 9.17) is 4.74 Å². The number of nitrogens with zero attached hydrogens (tertiary/aromatic N) is 3. The number of rotatable bonds is 9. The predicted molar refractivity (Wildman–Crippen MR) is 154 cm³/mol. The van der Waals surface area contributed by atoms with Crippen molar-refractivity contribution in [2.24, 2.45) is 0 Å². The van der Waals surface area contributed by atoms with Crippen molar-refractivity contribution in [2.75, 3.05) is 57.9 Å². The van der Waals surface area contributed by atoms with Crippen LogP contribution < -0.4 is 10.6 Å². The van der Waals surface area contributed by atoms with Crippen molar-refractivity contribution < 1.29 is 9.53 Å². The molecule has 0 atom stereocenters. The van der Waals surface area contributed by atoms with Gasteiger partial charge in [-0.1, -0.05) is 72.0 Å². The Labute approximate surface area is 227 Å². The summed E-state index contributed by atoms with van der Waals surface area (Å²) >= 11 is 1.59. The minimum atomic E-state index is -0.0496. The van der Waals surface area contributed by atoms with Crippen LogP contribution >= 0.6 is 11.3 Å². The third kappa shape index (κ3) is 5.38. The zero-order valence-corrected chi connectivity index (χ0v) is 22.3. The Kier molecular flexibility index (Phi) is 7.53. The maximum absolute atomic E-state index is 13.4. The number of para-hydroxylation sites is 1. The van der Waals surface area contributed by atoms with Gasteiger partial charge in [0.2, 0.25) is 0 Å². The highest BCUT2D eigenvalue weighted by atomic mass is 32.1. The highest BCUT2D eigenvalue weighted by Gasteiger charge is 2.29. The molecular weight excluding hydrogens is 494 g/mol. The topological polar surface area (TPSA) is 69.7 Å². The van der Waals surface area contributed by atoms with Crippen molar-refractivity contribution >= 4 is 32.7 Å². The van der Waals surface area contributed by atoms with Gasteiger partial charge < -0.3 is 20.3 Å². The van der Waals surface area contributed by atoms with Crippen LogP contribution in [0.5, 0.6) is 0 Å². The molecule has 0 unspecified atom stereocenters. The van der Waals surface area contributed by atoms with Gasteiger partial charge in [0.25, 0.3) is 0 Å². The molecule has 38 heavy (non-hydrogen) atoms. The number of hydrogen-bond donors (Lipinski definition) is 2. The number of anilines is 1. The van der Waals surface area contributed by atoms with Gasteiger partial charge in [-0.05, 0) is 40.8 Å². The van der Waals surface area contributed by atoms with E-state index in [-0.39, 0.29) is 6.03 Å². The van der Waals surface area contributed by atoms with Crippen molar-refractivity contribution in [1.82, 2.24) is 20.1 Å². The van der Waals surface area contributed by atoms with Gasteiger partial charge in [-0.2, -0.15) is 0 Å². The molecule has 2 heterocycles. The number of morpholine rings is 1. The van der Waals surface area contributed by atoms with Crippen LogP contribution in [0.25, 0.3) is 21.3 Å². The fraction of sp³-hybridized carbons (Fsp3) is 0.333. The van der Waals surface area contributed by atoms with Crippen LogP contribution in [0.2, 0.25) is 0 Å². The van der Waals surface area contributed by atoms with Gasteiger partial charge in [-0.25, -0.2) is 9.78 Å². The normalized spacial score (nSPS) is 15.3. The number of hydrogen-bond acceptors (Lipinski definition) is 6. The number of nitrogens with one attached hydrogen (secondary N) is 2. The van der Waals surface area contributed by atoms with E-state index in [0.717, 1.165) is 54.6 Å². The number of fused-ring (bicyclic) bond motifs is 4. The Balaban J connectivity index is 1.12. The number of urea groups is 1. The largest absolute Gasteiger partial charge is 0.379 e. The van der Waals surface area contributed by atoms with Gasteiger partial charge in [0, 0.05) is 38.6 Å². The highest BCUT2D eigenvalue weighted by molar-refractivity contribution is 7.22. The van der Waals surface area contributed by atoms with Crippen LogP contribution in [-0.2, 0) is 4.74 Å². The minimum Gasteiger partial charge on any atom is -0.379 e. The molecule has 1 aliphatic heterocycles. The summed E-state index contributed by atoms with van der Waals surface area (Å²) in [6, 6.07) is 25.4. The first-order valence-electron chi connectivity index (χ1n) is 13.4. The van der Waals surface area contributed by atoms with Crippen molar-refractivity contribution in [1.29, 1.82) is 0 Å². The number of thiazole rings is 1. The molecule has 1 aromatic heterocycles. The third-order valence-electron chi connectivity index (χ3n) is 7.50. The predicted octanol–water partition coefficient (Wildman–Crippen LogP) is 5.21. The number of ether oxygens (including phenoxy) is 1. The van der Waals surface area contributed by atoms with Crippen molar-refractivity contribution in [3.05, 3.63) is 83.9 Å². The molecule has 6 rings (SSSR count). The molecule has 3 aromatic carbocycles. The monoisotopic (exact) mass is 527 g/mol.